The molecule has 3 heterocycles. The largest absolute Gasteiger partial charge is 0.455 e. The van der Waals surface area contributed by atoms with Gasteiger partial charge in [-0.3, -0.25) is 0 Å². The number of hydrogen-bond donors (Lipinski definition) is 0. The lowest BCUT2D eigenvalue weighted by Crippen LogP contribution is -2.15. The molecule has 0 bridgehead atoms. The average molecular weight is 725 g/mol. The molecule has 6 heteroatoms. The second-order valence-corrected chi connectivity index (χ2v) is 15.6. The molecular formula is C49H32N4OS. The van der Waals surface area contributed by atoms with Gasteiger partial charge in [-0.15, -0.1) is 11.3 Å². The van der Waals surface area contributed by atoms with E-state index in [0.29, 0.717) is 17.5 Å². The molecule has 0 radical (unpaired) electrons. The minimum Gasteiger partial charge on any atom is -0.455 e. The van der Waals surface area contributed by atoms with Gasteiger partial charge in [-0.05, 0) is 57.6 Å². The molecule has 0 aliphatic heterocycles. The topological polar surface area (TPSA) is 64.7 Å². The highest BCUT2D eigenvalue weighted by atomic mass is 32.1. The van der Waals surface area contributed by atoms with Gasteiger partial charge in [0.2, 0.25) is 0 Å². The summed E-state index contributed by atoms with van der Waals surface area (Å²) in [5.41, 5.74) is 13.5. The Hall–Kier alpha value is -6.76. The van der Waals surface area contributed by atoms with Crippen LogP contribution in [0.15, 0.2) is 162 Å². The van der Waals surface area contributed by atoms with Crippen LogP contribution in [-0.2, 0) is 5.41 Å². The summed E-state index contributed by atoms with van der Waals surface area (Å²) in [5, 5.41) is 3.14. The van der Waals surface area contributed by atoms with Gasteiger partial charge in [0.15, 0.2) is 17.5 Å². The zero-order valence-electron chi connectivity index (χ0n) is 30.1. The van der Waals surface area contributed by atoms with E-state index in [1.165, 1.54) is 27.0 Å². The fourth-order valence-corrected chi connectivity index (χ4v) is 9.51. The second-order valence-electron chi connectivity index (χ2n) is 14.6. The first-order valence-electron chi connectivity index (χ1n) is 18.5. The summed E-state index contributed by atoms with van der Waals surface area (Å²) in [6.45, 7) is 4.65. The lowest BCUT2D eigenvalue weighted by Gasteiger charge is -2.22. The summed E-state index contributed by atoms with van der Waals surface area (Å²) in [7, 11) is 0. The number of aromatic nitrogens is 4. The number of rotatable bonds is 5. The molecule has 0 atom stereocenters. The zero-order chi connectivity index (χ0) is 36.7. The summed E-state index contributed by atoms with van der Waals surface area (Å²) in [6.07, 6.45) is 0. The van der Waals surface area contributed by atoms with Gasteiger partial charge in [-0.25, -0.2) is 19.9 Å². The first kappa shape index (κ1) is 31.7. The fraction of sp³-hybridized carbons (Fsp3) is 0.0612. The average Bonchev–Trinajstić information content (AvgIpc) is 3.91. The molecule has 0 N–H and O–H groups in total. The van der Waals surface area contributed by atoms with Crippen molar-refractivity contribution in [1.29, 1.82) is 0 Å². The highest BCUT2D eigenvalue weighted by Gasteiger charge is 2.38. The molecule has 0 fully saturated rings. The van der Waals surface area contributed by atoms with E-state index in [9.17, 15) is 0 Å². The van der Waals surface area contributed by atoms with Crippen molar-refractivity contribution in [2.24, 2.45) is 0 Å². The van der Waals surface area contributed by atoms with Gasteiger partial charge >= 0.3 is 0 Å². The van der Waals surface area contributed by atoms with E-state index in [2.05, 4.69) is 135 Å². The zero-order valence-corrected chi connectivity index (χ0v) is 30.9. The standard InChI is InChI=1S/C49H32N4OS/c1-49(2)39-28-33(24-25-34(39)36-26-27-40-44(42(36)49)55-48(50-40)32-14-7-4-8-15-32)46-51-45(31-22-20-30(21-23-31)29-12-5-3-6-13-29)52-47(53-46)38-18-11-17-37-35-16-9-10-19-41(35)54-43(37)38/h3-28H,1-2H3. The summed E-state index contributed by atoms with van der Waals surface area (Å²) in [4.78, 5) is 20.6. The minimum absolute atomic E-state index is 0.271. The Morgan fingerprint density at radius 3 is 1.89 bits per heavy atom. The van der Waals surface area contributed by atoms with Gasteiger partial charge in [-0.2, -0.15) is 0 Å². The monoisotopic (exact) mass is 724 g/mol. The van der Waals surface area contributed by atoms with Gasteiger partial charge in [0.25, 0.3) is 0 Å². The molecule has 1 aliphatic rings. The Morgan fingerprint density at radius 2 is 1.09 bits per heavy atom. The molecule has 5 nitrogen and oxygen atoms in total. The van der Waals surface area contributed by atoms with Crippen LogP contribution >= 0.6 is 11.3 Å². The van der Waals surface area contributed by atoms with E-state index in [4.69, 9.17) is 24.4 Å². The van der Waals surface area contributed by atoms with E-state index in [0.717, 1.165) is 65.8 Å². The van der Waals surface area contributed by atoms with Crippen LogP contribution in [0.5, 0.6) is 0 Å². The Balaban J connectivity index is 1.07. The smallest absolute Gasteiger partial charge is 0.167 e. The number of furan rings is 1. The maximum atomic E-state index is 6.48. The van der Waals surface area contributed by atoms with Gasteiger partial charge in [0, 0.05) is 32.9 Å². The first-order chi connectivity index (χ1) is 27.0. The SMILES string of the molecule is CC1(C)c2cc(-c3nc(-c4ccc(-c5ccccc5)cc4)nc(-c4cccc5c4oc4ccccc45)n3)ccc2-c2ccc3nc(-c4ccccc4)sc3c21. The highest BCUT2D eigenvalue weighted by molar-refractivity contribution is 7.22. The van der Waals surface area contributed by atoms with Crippen LogP contribution in [0.1, 0.15) is 25.0 Å². The summed E-state index contributed by atoms with van der Waals surface area (Å²) in [6, 6.07) is 54.7. The summed E-state index contributed by atoms with van der Waals surface area (Å²) in [5.74, 6) is 1.79. The molecule has 10 aromatic rings. The van der Waals surface area contributed by atoms with Crippen molar-refractivity contribution in [3.05, 3.63) is 169 Å². The number of benzene rings is 7. The van der Waals surface area contributed by atoms with Crippen molar-refractivity contribution in [3.63, 3.8) is 0 Å². The van der Waals surface area contributed by atoms with E-state index in [1.54, 1.807) is 11.3 Å². The van der Waals surface area contributed by atoms with Gasteiger partial charge < -0.3 is 4.42 Å². The molecule has 0 unspecified atom stereocenters. The quantitative estimate of drug-likeness (QED) is 0.177. The third-order valence-corrected chi connectivity index (χ3v) is 12.1. The molecule has 55 heavy (non-hydrogen) atoms. The molecule has 0 amide bonds. The highest BCUT2D eigenvalue weighted by Crippen LogP contribution is 2.53. The maximum Gasteiger partial charge on any atom is 0.167 e. The van der Waals surface area contributed by atoms with Crippen LogP contribution < -0.4 is 0 Å². The van der Waals surface area contributed by atoms with Crippen molar-refractivity contribution < 1.29 is 4.42 Å². The summed E-state index contributed by atoms with van der Waals surface area (Å²) >= 11 is 1.78. The lowest BCUT2D eigenvalue weighted by molar-refractivity contribution is 0.667. The Labute approximate surface area is 321 Å². The van der Waals surface area contributed by atoms with Crippen LogP contribution in [0.4, 0.5) is 0 Å². The van der Waals surface area contributed by atoms with E-state index in [-0.39, 0.29) is 5.41 Å². The fourth-order valence-electron chi connectivity index (χ4n) is 8.23. The van der Waals surface area contributed by atoms with Crippen molar-refractivity contribution in [2.75, 3.05) is 0 Å². The third kappa shape index (κ3) is 5.06. The van der Waals surface area contributed by atoms with Crippen LogP contribution in [0.3, 0.4) is 0 Å². The van der Waals surface area contributed by atoms with Gasteiger partial charge in [0.1, 0.15) is 16.2 Å². The molecule has 0 spiro atoms. The van der Waals surface area contributed by atoms with Gasteiger partial charge in [0.05, 0.1) is 15.8 Å². The summed E-state index contributed by atoms with van der Waals surface area (Å²) < 4.78 is 7.72. The minimum atomic E-state index is -0.271. The second kappa shape index (κ2) is 12.1. The molecule has 3 aromatic heterocycles. The molecule has 0 saturated heterocycles. The molecule has 11 rings (SSSR count). The first-order valence-corrected chi connectivity index (χ1v) is 19.3. The van der Waals surface area contributed by atoms with Crippen LogP contribution in [0.2, 0.25) is 0 Å². The number of fused-ring (bicyclic) bond motifs is 8. The Kier molecular flexibility index (Phi) is 7.00. The van der Waals surface area contributed by atoms with E-state index < -0.39 is 0 Å². The van der Waals surface area contributed by atoms with E-state index in [1.807, 2.05) is 36.4 Å². The van der Waals surface area contributed by atoms with Crippen molar-refractivity contribution >= 4 is 43.5 Å². The van der Waals surface area contributed by atoms with Gasteiger partial charge in [-0.1, -0.05) is 147 Å². The number of nitrogens with zero attached hydrogens (tertiary/aromatic N) is 4. The molecule has 1 aliphatic carbocycles. The lowest BCUT2D eigenvalue weighted by atomic mass is 9.82. The Bertz CT molecular complexity index is 3110. The van der Waals surface area contributed by atoms with Crippen LogP contribution in [0, 0.1) is 0 Å². The normalized spacial score (nSPS) is 13.1. The third-order valence-electron chi connectivity index (χ3n) is 11.0. The van der Waals surface area contributed by atoms with Crippen LogP contribution in [0.25, 0.3) is 99.1 Å². The van der Waals surface area contributed by atoms with Crippen molar-refractivity contribution in [1.82, 2.24) is 19.9 Å². The maximum absolute atomic E-state index is 6.48. The van der Waals surface area contributed by atoms with Crippen molar-refractivity contribution in [3.8, 4) is 67.0 Å². The predicted octanol–water partition coefficient (Wildman–Crippen LogP) is 13.0. The predicted molar refractivity (Wildman–Crippen MR) is 225 cm³/mol. The van der Waals surface area contributed by atoms with E-state index >= 15 is 0 Å². The van der Waals surface area contributed by atoms with Crippen LogP contribution in [-0.4, -0.2) is 19.9 Å². The molecule has 0 saturated carbocycles. The number of thiazole rings is 1. The van der Waals surface area contributed by atoms with Crippen molar-refractivity contribution in [2.45, 2.75) is 19.3 Å². The number of hydrogen-bond acceptors (Lipinski definition) is 6. The number of para-hydroxylation sites is 2. The molecular weight excluding hydrogens is 693 g/mol. The molecule has 7 aromatic carbocycles. The Morgan fingerprint density at radius 1 is 0.473 bits per heavy atom. The molecule has 260 valence electrons.